The van der Waals surface area contributed by atoms with Crippen molar-refractivity contribution in [1.82, 2.24) is 20.5 Å². The largest absolute Gasteiger partial charge is 0.358 e. The number of carbonyl (C=O) groups is 2. The lowest BCUT2D eigenvalue weighted by molar-refractivity contribution is -0.115. The van der Waals surface area contributed by atoms with Gasteiger partial charge in [0.15, 0.2) is 0 Å². The minimum absolute atomic E-state index is 0.0869. The highest BCUT2D eigenvalue weighted by Gasteiger charge is 2.27. The predicted octanol–water partition coefficient (Wildman–Crippen LogP) is 5.30. The van der Waals surface area contributed by atoms with Gasteiger partial charge in [-0.3, -0.25) is 9.59 Å². The number of likely N-dealkylation sites (N-methyl/N-ethyl adjacent to an activating group) is 1. The number of thioether (sulfide) groups is 1. The molecule has 0 radical (unpaired) electrons. The first-order valence-corrected chi connectivity index (χ1v) is 13.9. The number of nitrogens with zero attached hydrogens (tertiary/aromatic N) is 1. The topological polar surface area (TPSA) is 77.2 Å². The van der Waals surface area contributed by atoms with Crippen LogP contribution in [-0.2, 0) is 4.79 Å². The van der Waals surface area contributed by atoms with Crippen molar-refractivity contribution in [2.75, 3.05) is 37.7 Å². The van der Waals surface area contributed by atoms with Gasteiger partial charge in [0.1, 0.15) is 0 Å². The first kappa shape index (κ1) is 29.5. The fourth-order valence-corrected chi connectivity index (χ4v) is 5.14. The van der Waals surface area contributed by atoms with E-state index < -0.39 is 0 Å². The van der Waals surface area contributed by atoms with E-state index >= 15 is 0 Å². The molecular weight excluding hydrogens is 468 g/mol. The van der Waals surface area contributed by atoms with Gasteiger partial charge < -0.3 is 20.5 Å². The van der Waals surface area contributed by atoms with Gasteiger partial charge in [-0.2, -0.15) is 11.8 Å². The third-order valence-electron chi connectivity index (χ3n) is 6.39. The van der Waals surface area contributed by atoms with Crippen LogP contribution in [0.4, 0.5) is 0 Å². The molecule has 0 saturated carbocycles. The normalized spacial score (nSPS) is 17.8. The van der Waals surface area contributed by atoms with Crippen LogP contribution in [0.25, 0.3) is 6.08 Å². The molecule has 196 valence electrons. The van der Waals surface area contributed by atoms with Crippen molar-refractivity contribution in [3.05, 3.63) is 75.3 Å². The highest BCUT2D eigenvalue weighted by molar-refractivity contribution is 7.99. The SMILES string of the molecule is CC=CC(=CC)CSCC=C1C(=CC)NC(=O)C1=Cc1[nH]c(C)c(C(=O)NCCN(CC)CC)c1C. The molecule has 0 bridgehead atoms. The van der Waals surface area contributed by atoms with Gasteiger partial charge in [0, 0.05) is 47.3 Å². The summed E-state index contributed by atoms with van der Waals surface area (Å²) in [6.07, 6.45) is 12.2. The maximum absolute atomic E-state index is 12.9. The summed E-state index contributed by atoms with van der Waals surface area (Å²) in [6, 6.07) is 0. The van der Waals surface area contributed by atoms with Crippen molar-refractivity contribution in [3.8, 4) is 0 Å². The van der Waals surface area contributed by atoms with Gasteiger partial charge in [0.25, 0.3) is 11.8 Å². The Labute approximate surface area is 221 Å². The predicted molar refractivity (Wildman–Crippen MR) is 154 cm³/mol. The van der Waals surface area contributed by atoms with E-state index in [0.29, 0.717) is 17.7 Å². The minimum atomic E-state index is -0.126. The van der Waals surface area contributed by atoms with E-state index in [-0.39, 0.29) is 11.8 Å². The Morgan fingerprint density at radius 3 is 2.44 bits per heavy atom. The van der Waals surface area contributed by atoms with E-state index in [0.717, 1.165) is 59.4 Å². The Balaban J connectivity index is 2.24. The fourth-order valence-electron chi connectivity index (χ4n) is 4.24. The van der Waals surface area contributed by atoms with Gasteiger partial charge in [-0.25, -0.2) is 0 Å². The van der Waals surface area contributed by atoms with Gasteiger partial charge in [0.05, 0.1) is 11.1 Å². The van der Waals surface area contributed by atoms with Crippen molar-refractivity contribution in [1.29, 1.82) is 0 Å². The smallest absolute Gasteiger partial charge is 0.256 e. The molecule has 0 unspecified atom stereocenters. The summed E-state index contributed by atoms with van der Waals surface area (Å²) in [5.41, 5.74) is 6.70. The molecule has 2 rings (SSSR count). The number of aryl methyl sites for hydroxylation is 1. The molecule has 1 saturated heterocycles. The molecule has 1 aliphatic rings. The lowest BCUT2D eigenvalue weighted by Gasteiger charge is -2.18. The van der Waals surface area contributed by atoms with E-state index in [1.807, 2.05) is 64.6 Å². The number of aromatic nitrogens is 1. The molecule has 6 nitrogen and oxygen atoms in total. The number of H-pyrrole nitrogens is 1. The summed E-state index contributed by atoms with van der Waals surface area (Å²) in [6.45, 7) is 17.4. The summed E-state index contributed by atoms with van der Waals surface area (Å²) in [5.74, 6) is 1.49. The Morgan fingerprint density at radius 1 is 1.11 bits per heavy atom. The fraction of sp³-hybridized carbons (Fsp3) is 0.448. The summed E-state index contributed by atoms with van der Waals surface area (Å²) in [7, 11) is 0. The zero-order valence-electron chi connectivity index (χ0n) is 22.9. The average Bonchev–Trinajstić information content (AvgIpc) is 3.32. The van der Waals surface area contributed by atoms with Crippen molar-refractivity contribution in [2.24, 2.45) is 0 Å². The van der Waals surface area contributed by atoms with Crippen molar-refractivity contribution in [2.45, 2.75) is 48.5 Å². The maximum Gasteiger partial charge on any atom is 0.256 e. The molecule has 3 N–H and O–H groups in total. The van der Waals surface area contributed by atoms with Crippen molar-refractivity contribution >= 4 is 29.7 Å². The Kier molecular flexibility index (Phi) is 12.0. The summed E-state index contributed by atoms with van der Waals surface area (Å²) in [4.78, 5) is 31.4. The molecule has 0 spiro atoms. The number of amides is 2. The number of hydrogen-bond donors (Lipinski definition) is 3. The van der Waals surface area contributed by atoms with E-state index in [4.69, 9.17) is 0 Å². The molecule has 1 aromatic rings. The van der Waals surface area contributed by atoms with Crippen LogP contribution in [0.2, 0.25) is 0 Å². The van der Waals surface area contributed by atoms with Crippen LogP contribution in [0.5, 0.6) is 0 Å². The zero-order valence-corrected chi connectivity index (χ0v) is 23.7. The Morgan fingerprint density at radius 2 is 1.83 bits per heavy atom. The van der Waals surface area contributed by atoms with Crippen LogP contribution in [0.3, 0.4) is 0 Å². The van der Waals surface area contributed by atoms with Crippen LogP contribution in [-0.4, -0.2) is 59.4 Å². The second kappa shape index (κ2) is 14.7. The standard InChI is InChI=1S/C29H42N4O2S/c1-8-13-22(9-2)19-36-17-14-23-24(28(34)32-25(23)10-3)18-26-20(6)27(21(7)31-26)29(35)30-15-16-33(11-4)12-5/h8-10,13-14,18,31H,11-12,15-17,19H2,1-7H3,(H,30,35)(H,32,34). The summed E-state index contributed by atoms with van der Waals surface area (Å²) < 4.78 is 0. The van der Waals surface area contributed by atoms with Crippen LogP contribution >= 0.6 is 11.8 Å². The molecule has 1 fully saturated rings. The third-order valence-corrected chi connectivity index (χ3v) is 7.33. The lowest BCUT2D eigenvalue weighted by atomic mass is 10.0. The Hall–Kier alpha value is -2.77. The molecule has 2 heterocycles. The molecular formula is C29H42N4O2S. The number of carbonyl (C=O) groups excluding carboxylic acids is 2. The highest BCUT2D eigenvalue weighted by Crippen LogP contribution is 2.30. The van der Waals surface area contributed by atoms with Gasteiger partial charge in [0.2, 0.25) is 0 Å². The molecule has 2 amide bonds. The van der Waals surface area contributed by atoms with E-state index in [1.165, 1.54) is 5.57 Å². The summed E-state index contributed by atoms with van der Waals surface area (Å²) in [5, 5.41) is 6.02. The minimum Gasteiger partial charge on any atom is -0.358 e. The highest BCUT2D eigenvalue weighted by atomic mass is 32.2. The summed E-state index contributed by atoms with van der Waals surface area (Å²) >= 11 is 1.81. The van der Waals surface area contributed by atoms with Crippen LogP contribution in [0.1, 0.15) is 61.9 Å². The van der Waals surface area contributed by atoms with E-state index in [9.17, 15) is 9.59 Å². The van der Waals surface area contributed by atoms with Gasteiger partial charge >= 0.3 is 0 Å². The number of rotatable bonds is 12. The van der Waals surface area contributed by atoms with Gasteiger partial charge in [-0.1, -0.05) is 44.2 Å². The van der Waals surface area contributed by atoms with E-state index in [1.54, 1.807) is 0 Å². The molecule has 7 heteroatoms. The quantitative estimate of drug-likeness (QED) is 0.203. The number of nitrogens with one attached hydrogen (secondary N) is 3. The first-order chi connectivity index (χ1) is 17.3. The first-order valence-electron chi connectivity index (χ1n) is 12.8. The van der Waals surface area contributed by atoms with Crippen molar-refractivity contribution < 1.29 is 9.59 Å². The number of hydrogen-bond acceptors (Lipinski definition) is 4. The zero-order chi connectivity index (χ0) is 26.7. The lowest BCUT2D eigenvalue weighted by Crippen LogP contribution is -2.35. The molecule has 0 atom stereocenters. The maximum atomic E-state index is 12.9. The second-order valence-corrected chi connectivity index (χ2v) is 9.69. The van der Waals surface area contributed by atoms with Crippen LogP contribution in [0, 0.1) is 13.8 Å². The number of aromatic amines is 1. The molecule has 0 aliphatic carbocycles. The Bertz CT molecular complexity index is 1080. The van der Waals surface area contributed by atoms with Crippen LogP contribution < -0.4 is 10.6 Å². The van der Waals surface area contributed by atoms with Crippen LogP contribution in [0.15, 0.2) is 52.8 Å². The molecule has 36 heavy (non-hydrogen) atoms. The number of allylic oxidation sites excluding steroid dienone is 5. The third kappa shape index (κ3) is 7.61. The van der Waals surface area contributed by atoms with Gasteiger partial charge in [-0.15, -0.1) is 0 Å². The molecule has 1 aromatic heterocycles. The monoisotopic (exact) mass is 510 g/mol. The van der Waals surface area contributed by atoms with E-state index in [2.05, 4.69) is 52.6 Å². The molecule has 1 aliphatic heterocycles. The second-order valence-electron chi connectivity index (χ2n) is 8.66. The van der Waals surface area contributed by atoms with Crippen molar-refractivity contribution in [3.63, 3.8) is 0 Å². The molecule has 0 aromatic carbocycles. The average molecular weight is 511 g/mol. The van der Waals surface area contributed by atoms with Gasteiger partial charge in [-0.05, 0) is 64.9 Å².